The van der Waals surface area contributed by atoms with E-state index in [0.29, 0.717) is 18.5 Å². The van der Waals surface area contributed by atoms with Crippen molar-refractivity contribution >= 4 is 50.7 Å². The van der Waals surface area contributed by atoms with Crippen molar-refractivity contribution in [2.45, 2.75) is 44.2 Å². The molecule has 236 valence electrons. The number of anilines is 1. The molecule has 45 heavy (non-hydrogen) atoms. The highest BCUT2D eigenvalue weighted by Gasteiger charge is 2.35. The van der Waals surface area contributed by atoms with E-state index in [1.807, 2.05) is 44.2 Å². The molecule has 0 aliphatic rings. The molecule has 0 radical (unpaired) electrons. The Kier molecular flexibility index (Phi) is 11.6. The summed E-state index contributed by atoms with van der Waals surface area (Å²) in [6.07, 6.45) is 0.831. The van der Waals surface area contributed by atoms with E-state index < -0.39 is 40.2 Å². The molecule has 11 heteroatoms. The number of carbonyl (C=O) groups is 2. The number of hydrogen-bond acceptors (Lipinski definition) is 4. The van der Waals surface area contributed by atoms with Crippen LogP contribution in [0.25, 0.3) is 0 Å². The lowest BCUT2D eigenvalue weighted by Crippen LogP contribution is -2.53. The van der Waals surface area contributed by atoms with Gasteiger partial charge in [-0.1, -0.05) is 90.3 Å². The summed E-state index contributed by atoms with van der Waals surface area (Å²) >= 11 is 12.8. The molecule has 4 rings (SSSR count). The molecule has 1 atom stereocenters. The zero-order chi connectivity index (χ0) is 32.6. The van der Waals surface area contributed by atoms with Crippen LogP contribution in [0.4, 0.5) is 10.1 Å². The van der Waals surface area contributed by atoms with E-state index in [4.69, 9.17) is 23.2 Å². The summed E-state index contributed by atoms with van der Waals surface area (Å²) < 4.78 is 43.0. The Morgan fingerprint density at radius 2 is 1.56 bits per heavy atom. The standard InChI is InChI=1S/C34H34Cl2FN3O4S/c1-3-19-38-34(42)32(20-25-7-5-4-6-8-25)39(22-26-11-14-28(37)15-12-26)33(41)23-40(31-21-27(35)13-18-30(31)36)45(43,44)29-16-9-24(2)10-17-29/h4-18,21,32H,3,19-20,22-23H2,1-2H3,(H,38,42)/t32-/m1/s1. The molecule has 0 aliphatic carbocycles. The Bertz CT molecular complexity index is 1720. The van der Waals surface area contributed by atoms with E-state index >= 15 is 0 Å². The van der Waals surface area contributed by atoms with Gasteiger partial charge in [-0.05, 0) is 66.9 Å². The van der Waals surface area contributed by atoms with Gasteiger partial charge in [0.2, 0.25) is 11.8 Å². The zero-order valence-corrected chi connectivity index (χ0v) is 27.2. The topological polar surface area (TPSA) is 86.8 Å². The maximum Gasteiger partial charge on any atom is 0.264 e. The maximum atomic E-state index is 14.4. The van der Waals surface area contributed by atoms with Gasteiger partial charge in [0, 0.05) is 24.5 Å². The molecule has 0 saturated carbocycles. The third-order valence-corrected chi connectivity index (χ3v) is 9.48. The molecule has 0 spiro atoms. The molecule has 1 N–H and O–H groups in total. The Morgan fingerprint density at radius 1 is 0.889 bits per heavy atom. The van der Waals surface area contributed by atoms with E-state index in [1.54, 1.807) is 12.1 Å². The molecule has 2 amide bonds. The smallest absolute Gasteiger partial charge is 0.264 e. The number of sulfonamides is 1. The Morgan fingerprint density at radius 3 is 2.20 bits per heavy atom. The van der Waals surface area contributed by atoms with Gasteiger partial charge in [-0.2, -0.15) is 0 Å². The van der Waals surface area contributed by atoms with Gasteiger partial charge < -0.3 is 10.2 Å². The van der Waals surface area contributed by atoms with Gasteiger partial charge in [0.15, 0.2) is 0 Å². The Hall–Kier alpha value is -3.92. The monoisotopic (exact) mass is 669 g/mol. The second kappa shape index (κ2) is 15.4. The van der Waals surface area contributed by atoms with E-state index in [-0.39, 0.29) is 33.6 Å². The van der Waals surface area contributed by atoms with E-state index in [2.05, 4.69) is 5.32 Å². The number of rotatable bonds is 13. The molecule has 7 nitrogen and oxygen atoms in total. The van der Waals surface area contributed by atoms with Crippen molar-refractivity contribution in [3.63, 3.8) is 0 Å². The number of carbonyl (C=O) groups excluding carboxylic acids is 2. The van der Waals surface area contributed by atoms with E-state index in [0.717, 1.165) is 15.4 Å². The van der Waals surface area contributed by atoms with Crippen LogP contribution in [0, 0.1) is 12.7 Å². The average Bonchev–Trinajstić information content (AvgIpc) is 3.03. The minimum absolute atomic E-state index is 0.00914. The zero-order valence-electron chi connectivity index (χ0n) is 24.9. The van der Waals surface area contributed by atoms with Gasteiger partial charge in [0.25, 0.3) is 10.0 Å². The fourth-order valence-electron chi connectivity index (χ4n) is 4.73. The van der Waals surface area contributed by atoms with Crippen LogP contribution in [-0.4, -0.2) is 44.3 Å². The summed E-state index contributed by atoms with van der Waals surface area (Å²) in [5.74, 6) is -1.52. The Labute approximate surface area is 273 Å². The normalized spacial score (nSPS) is 11.9. The van der Waals surface area contributed by atoms with Crippen LogP contribution in [0.1, 0.15) is 30.0 Å². The summed E-state index contributed by atoms with van der Waals surface area (Å²) in [5, 5.41) is 3.16. The van der Waals surface area contributed by atoms with Crippen LogP contribution in [0.3, 0.4) is 0 Å². The molecule has 4 aromatic carbocycles. The molecule has 0 aromatic heterocycles. The first kappa shape index (κ1) is 34.0. The molecule has 0 saturated heterocycles. The van der Waals surface area contributed by atoms with E-state index in [9.17, 15) is 22.4 Å². The second-order valence-corrected chi connectivity index (χ2v) is 13.3. The van der Waals surface area contributed by atoms with Crippen molar-refractivity contribution in [1.29, 1.82) is 0 Å². The number of aryl methyl sites for hydroxylation is 1. The average molecular weight is 671 g/mol. The van der Waals surface area contributed by atoms with Gasteiger partial charge >= 0.3 is 0 Å². The van der Waals surface area contributed by atoms with Crippen LogP contribution >= 0.6 is 23.2 Å². The minimum atomic E-state index is -4.34. The first-order chi connectivity index (χ1) is 21.5. The molecule has 0 aliphatic heterocycles. The largest absolute Gasteiger partial charge is 0.354 e. The molecule has 0 unspecified atom stereocenters. The summed E-state index contributed by atoms with van der Waals surface area (Å²) in [6, 6.07) is 24.3. The number of benzene rings is 4. The van der Waals surface area contributed by atoms with Gasteiger partial charge in [-0.3, -0.25) is 13.9 Å². The van der Waals surface area contributed by atoms with Crippen molar-refractivity contribution in [3.05, 3.63) is 130 Å². The third kappa shape index (κ3) is 8.84. The molecular formula is C34H34Cl2FN3O4S. The molecule has 0 fully saturated rings. The van der Waals surface area contributed by atoms with Gasteiger partial charge in [-0.25, -0.2) is 12.8 Å². The number of amides is 2. The van der Waals surface area contributed by atoms with E-state index in [1.165, 1.54) is 59.5 Å². The van der Waals surface area contributed by atoms with Crippen LogP contribution in [0.15, 0.2) is 102 Å². The SMILES string of the molecule is CCCNC(=O)[C@@H](Cc1ccccc1)N(Cc1ccc(F)cc1)C(=O)CN(c1cc(Cl)ccc1Cl)S(=O)(=O)c1ccc(C)cc1. The fraction of sp³-hybridized carbons (Fsp3) is 0.235. The molecular weight excluding hydrogens is 636 g/mol. The third-order valence-electron chi connectivity index (χ3n) is 7.15. The predicted octanol–water partition coefficient (Wildman–Crippen LogP) is 6.80. The highest BCUT2D eigenvalue weighted by Crippen LogP contribution is 2.33. The van der Waals surface area contributed by atoms with Gasteiger partial charge in [0.1, 0.15) is 18.4 Å². The van der Waals surface area contributed by atoms with Gasteiger partial charge in [0.05, 0.1) is 15.6 Å². The number of nitrogens with one attached hydrogen (secondary N) is 1. The quantitative estimate of drug-likeness (QED) is 0.170. The van der Waals surface area contributed by atoms with Crippen molar-refractivity contribution in [2.75, 3.05) is 17.4 Å². The van der Waals surface area contributed by atoms with Crippen LogP contribution in [0.2, 0.25) is 10.0 Å². The lowest BCUT2D eigenvalue weighted by Gasteiger charge is -2.34. The van der Waals surface area contributed by atoms with Crippen LogP contribution in [0.5, 0.6) is 0 Å². The van der Waals surface area contributed by atoms with Crippen LogP contribution < -0.4 is 9.62 Å². The van der Waals surface area contributed by atoms with Crippen molar-refractivity contribution in [2.24, 2.45) is 0 Å². The summed E-state index contributed by atoms with van der Waals surface area (Å²) in [4.78, 5) is 29.4. The molecule has 4 aromatic rings. The first-order valence-electron chi connectivity index (χ1n) is 14.4. The van der Waals surface area contributed by atoms with Gasteiger partial charge in [-0.15, -0.1) is 0 Å². The lowest BCUT2D eigenvalue weighted by molar-refractivity contribution is -0.140. The lowest BCUT2D eigenvalue weighted by atomic mass is 10.0. The minimum Gasteiger partial charge on any atom is -0.354 e. The molecule has 0 bridgehead atoms. The van der Waals surface area contributed by atoms with Crippen molar-refractivity contribution in [1.82, 2.24) is 10.2 Å². The highest BCUT2D eigenvalue weighted by molar-refractivity contribution is 7.92. The molecule has 0 heterocycles. The second-order valence-electron chi connectivity index (χ2n) is 10.6. The number of nitrogens with zero attached hydrogens (tertiary/aromatic N) is 2. The predicted molar refractivity (Wildman–Crippen MR) is 176 cm³/mol. The van der Waals surface area contributed by atoms with Crippen molar-refractivity contribution in [3.8, 4) is 0 Å². The highest BCUT2D eigenvalue weighted by atomic mass is 35.5. The summed E-state index contributed by atoms with van der Waals surface area (Å²) in [6.45, 7) is 3.35. The van der Waals surface area contributed by atoms with Crippen LogP contribution in [-0.2, 0) is 32.6 Å². The van der Waals surface area contributed by atoms with Crippen molar-refractivity contribution < 1.29 is 22.4 Å². The maximum absolute atomic E-state index is 14.4. The number of halogens is 3. The fourth-order valence-corrected chi connectivity index (χ4v) is 6.60. The number of hydrogen-bond donors (Lipinski definition) is 1. The Balaban J connectivity index is 1.82. The summed E-state index contributed by atoms with van der Waals surface area (Å²) in [7, 11) is -4.34. The first-order valence-corrected chi connectivity index (χ1v) is 16.6. The summed E-state index contributed by atoms with van der Waals surface area (Å²) in [5.41, 5.74) is 2.22.